The largest absolute Gasteiger partial charge is 0.306 e. The van der Waals surface area contributed by atoms with Crippen LogP contribution in [0.25, 0.3) is 0 Å². The van der Waals surface area contributed by atoms with Gasteiger partial charge < -0.3 is 5.32 Å². The van der Waals surface area contributed by atoms with Crippen LogP contribution in [0.3, 0.4) is 0 Å². The Morgan fingerprint density at radius 1 is 1.50 bits per heavy atom. The molecule has 1 N–H and O–H groups in total. The molecule has 0 bridgehead atoms. The van der Waals surface area contributed by atoms with Crippen LogP contribution in [-0.2, 0) is 13.5 Å². The molecular weight excluding hydrogens is 235 g/mol. The number of nitrogens with one attached hydrogen (secondary N) is 1. The van der Waals surface area contributed by atoms with Crippen LogP contribution in [-0.4, -0.2) is 20.7 Å². The number of anilines is 1. The number of aryl methyl sites for hydroxylation is 2. The fraction of sp³-hybridized carbons (Fsp3) is 0.250. The molecule has 0 fully saturated rings. The smallest absolute Gasteiger partial charge is 0.260 e. The number of amides is 1. The Kier molecular flexibility index (Phi) is 3.36. The molecule has 94 valence electrons. The third-order valence-electron chi connectivity index (χ3n) is 2.44. The zero-order chi connectivity index (χ0) is 13.1. The first-order valence-corrected chi connectivity index (χ1v) is 5.56. The molecular formula is C12H13FN4O. The monoisotopic (exact) mass is 248 g/mol. The summed E-state index contributed by atoms with van der Waals surface area (Å²) in [5.74, 6) is -0.779. The molecule has 0 aliphatic heterocycles. The van der Waals surface area contributed by atoms with E-state index in [2.05, 4.69) is 15.4 Å². The topological polar surface area (TPSA) is 59.8 Å². The van der Waals surface area contributed by atoms with E-state index in [4.69, 9.17) is 0 Å². The van der Waals surface area contributed by atoms with Gasteiger partial charge in [0.05, 0.1) is 11.3 Å². The van der Waals surface area contributed by atoms with E-state index in [1.165, 1.54) is 18.2 Å². The van der Waals surface area contributed by atoms with E-state index in [9.17, 15) is 9.18 Å². The molecule has 0 spiro atoms. The Morgan fingerprint density at radius 3 is 2.94 bits per heavy atom. The molecule has 0 aliphatic rings. The summed E-state index contributed by atoms with van der Waals surface area (Å²) in [4.78, 5) is 15.6. The van der Waals surface area contributed by atoms with Crippen LogP contribution in [0.2, 0.25) is 0 Å². The summed E-state index contributed by atoms with van der Waals surface area (Å²) in [7, 11) is 1.75. The van der Waals surface area contributed by atoms with Crippen molar-refractivity contribution >= 4 is 11.7 Å². The first kappa shape index (κ1) is 12.2. The Hall–Kier alpha value is -2.24. The van der Waals surface area contributed by atoms with Gasteiger partial charge in [-0.25, -0.2) is 4.98 Å². The van der Waals surface area contributed by atoms with Crippen molar-refractivity contribution in [2.45, 2.75) is 13.3 Å². The summed E-state index contributed by atoms with van der Waals surface area (Å²) in [6.07, 6.45) is 2.29. The molecule has 2 aromatic heterocycles. The van der Waals surface area contributed by atoms with Gasteiger partial charge in [-0.15, -0.1) is 0 Å². The third kappa shape index (κ3) is 2.53. The van der Waals surface area contributed by atoms with Gasteiger partial charge in [-0.2, -0.15) is 9.49 Å². The van der Waals surface area contributed by atoms with Crippen LogP contribution in [0.4, 0.5) is 10.2 Å². The van der Waals surface area contributed by atoms with Crippen molar-refractivity contribution in [2.75, 3.05) is 5.32 Å². The molecule has 0 unspecified atom stereocenters. The predicted molar refractivity (Wildman–Crippen MR) is 64.7 cm³/mol. The number of rotatable bonds is 3. The Morgan fingerprint density at radius 2 is 2.28 bits per heavy atom. The molecule has 0 aromatic carbocycles. The molecule has 0 atom stereocenters. The second-order valence-electron chi connectivity index (χ2n) is 3.82. The molecule has 0 aliphatic carbocycles. The van der Waals surface area contributed by atoms with Crippen LogP contribution < -0.4 is 5.32 Å². The van der Waals surface area contributed by atoms with E-state index in [1.807, 2.05) is 6.92 Å². The van der Waals surface area contributed by atoms with Gasteiger partial charge in [0, 0.05) is 13.2 Å². The fourth-order valence-electron chi connectivity index (χ4n) is 1.65. The minimum Gasteiger partial charge on any atom is -0.306 e. The van der Waals surface area contributed by atoms with Gasteiger partial charge in [-0.1, -0.05) is 13.0 Å². The summed E-state index contributed by atoms with van der Waals surface area (Å²) in [5, 5.41) is 6.71. The minimum atomic E-state index is -0.630. The summed E-state index contributed by atoms with van der Waals surface area (Å²) in [6.45, 7) is 1.92. The maximum absolute atomic E-state index is 12.9. The summed E-state index contributed by atoms with van der Waals surface area (Å²) in [5.41, 5.74) is 1.18. The van der Waals surface area contributed by atoms with Crippen molar-refractivity contribution in [3.63, 3.8) is 0 Å². The third-order valence-corrected chi connectivity index (χ3v) is 2.44. The van der Waals surface area contributed by atoms with Crippen molar-refractivity contribution in [1.82, 2.24) is 14.8 Å². The molecule has 2 heterocycles. The SMILES string of the molecule is CCc1nn(C)cc1C(=O)Nc1cccc(F)n1. The van der Waals surface area contributed by atoms with Gasteiger partial charge in [-0.05, 0) is 18.6 Å². The van der Waals surface area contributed by atoms with Gasteiger partial charge in [0.25, 0.3) is 5.91 Å². The highest BCUT2D eigenvalue weighted by Crippen LogP contribution is 2.11. The molecule has 18 heavy (non-hydrogen) atoms. The second-order valence-corrected chi connectivity index (χ2v) is 3.82. The summed E-state index contributed by atoms with van der Waals surface area (Å²) >= 11 is 0. The highest BCUT2D eigenvalue weighted by atomic mass is 19.1. The lowest BCUT2D eigenvalue weighted by atomic mass is 10.2. The number of hydrogen-bond donors (Lipinski definition) is 1. The quantitative estimate of drug-likeness (QED) is 0.842. The molecule has 1 amide bonds. The Labute approximate surface area is 104 Å². The lowest BCUT2D eigenvalue weighted by Crippen LogP contribution is -2.14. The number of carbonyl (C=O) groups excluding carboxylic acids is 1. The average Bonchev–Trinajstić information content (AvgIpc) is 2.70. The number of aromatic nitrogens is 3. The predicted octanol–water partition coefficient (Wildman–Crippen LogP) is 1.77. The van der Waals surface area contributed by atoms with Crippen LogP contribution in [0, 0.1) is 5.95 Å². The molecule has 0 radical (unpaired) electrons. The molecule has 6 heteroatoms. The molecule has 2 rings (SSSR count). The van der Waals surface area contributed by atoms with E-state index >= 15 is 0 Å². The van der Waals surface area contributed by atoms with Crippen molar-refractivity contribution in [3.05, 3.63) is 41.6 Å². The van der Waals surface area contributed by atoms with Gasteiger partial charge in [0.15, 0.2) is 0 Å². The lowest BCUT2D eigenvalue weighted by Gasteiger charge is -2.03. The van der Waals surface area contributed by atoms with Crippen LogP contribution in [0.1, 0.15) is 23.0 Å². The normalized spacial score (nSPS) is 10.4. The first-order chi connectivity index (χ1) is 8.60. The molecule has 2 aromatic rings. The number of carbonyl (C=O) groups is 1. The fourth-order valence-corrected chi connectivity index (χ4v) is 1.65. The van der Waals surface area contributed by atoms with E-state index in [-0.39, 0.29) is 11.7 Å². The van der Waals surface area contributed by atoms with E-state index < -0.39 is 5.95 Å². The number of pyridine rings is 1. The van der Waals surface area contributed by atoms with Crippen LogP contribution in [0.5, 0.6) is 0 Å². The number of halogens is 1. The van der Waals surface area contributed by atoms with Crippen molar-refractivity contribution in [1.29, 1.82) is 0 Å². The zero-order valence-corrected chi connectivity index (χ0v) is 10.1. The highest BCUT2D eigenvalue weighted by molar-refractivity contribution is 6.04. The Balaban J connectivity index is 2.21. The van der Waals surface area contributed by atoms with Crippen molar-refractivity contribution < 1.29 is 9.18 Å². The average molecular weight is 248 g/mol. The van der Waals surface area contributed by atoms with Crippen LogP contribution in [0.15, 0.2) is 24.4 Å². The number of hydrogen-bond acceptors (Lipinski definition) is 3. The van der Waals surface area contributed by atoms with Crippen LogP contribution >= 0.6 is 0 Å². The van der Waals surface area contributed by atoms with E-state index in [1.54, 1.807) is 17.9 Å². The highest BCUT2D eigenvalue weighted by Gasteiger charge is 2.14. The van der Waals surface area contributed by atoms with E-state index in [0.717, 1.165) is 0 Å². The van der Waals surface area contributed by atoms with Gasteiger partial charge in [-0.3, -0.25) is 9.48 Å². The summed E-state index contributed by atoms with van der Waals surface area (Å²) < 4.78 is 14.5. The summed E-state index contributed by atoms with van der Waals surface area (Å²) in [6, 6.07) is 4.24. The molecule has 0 saturated carbocycles. The Bertz CT molecular complexity index is 579. The maximum atomic E-state index is 12.9. The lowest BCUT2D eigenvalue weighted by molar-refractivity contribution is 0.102. The van der Waals surface area contributed by atoms with E-state index in [0.29, 0.717) is 17.7 Å². The minimum absolute atomic E-state index is 0.186. The van der Waals surface area contributed by atoms with Crippen molar-refractivity contribution in [3.8, 4) is 0 Å². The van der Waals surface area contributed by atoms with Gasteiger partial charge in [0.1, 0.15) is 5.82 Å². The maximum Gasteiger partial charge on any atom is 0.260 e. The zero-order valence-electron chi connectivity index (χ0n) is 10.1. The number of nitrogens with zero attached hydrogens (tertiary/aromatic N) is 3. The second kappa shape index (κ2) is 4.95. The molecule has 0 saturated heterocycles. The van der Waals surface area contributed by atoms with Gasteiger partial charge >= 0.3 is 0 Å². The molecule has 5 nitrogen and oxygen atoms in total. The van der Waals surface area contributed by atoms with Gasteiger partial charge in [0.2, 0.25) is 5.95 Å². The van der Waals surface area contributed by atoms with Crippen molar-refractivity contribution in [2.24, 2.45) is 7.05 Å². The standard InChI is InChI=1S/C12H13FN4O/c1-3-9-8(7-17(2)16-9)12(18)15-11-6-4-5-10(13)14-11/h4-7H,3H2,1-2H3,(H,14,15,18). The first-order valence-electron chi connectivity index (χ1n) is 5.56.